The maximum absolute atomic E-state index is 5.63. The molecule has 0 radical (unpaired) electrons. The Kier molecular flexibility index (Phi) is 20.9. The summed E-state index contributed by atoms with van der Waals surface area (Å²) in [4.78, 5) is 0. The zero-order valence-electron chi connectivity index (χ0n) is 16.2. The molecule has 2 nitrogen and oxygen atoms in total. The average Bonchev–Trinajstić information content (AvgIpc) is 2.58. The predicted molar refractivity (Wildman–Crippen MR) is 107 cm³/mol. The molecule has 0 saturated carbocycles. The number of unbranched alkanes of at least 4 members (excludes halogenated alkanes) is 10. The van der Waals surface area contributed by atoms with Crippen LogP contribution in [-0.4, -0.2) is 25.4 Å². The lowest BCUT2D eigenvalue weighted by atomic mass is 10.0. The van der Waals surface area contributed by atoms with Gasteiger partial charge in [-0.05, 0) is 46.0 Å². The molecule has 0 aliphatic carbocycles. The van der Waals surface area contributed by atoms with Gasteiger partial charge in [-0.1, -0.05) is 63.5 Å². The summed E-state index contributed by atoms with van der Waals surface area (Å²) in [5.74, 6) is 0.746. The topological polar surface area (TPSA) is 18.5 Å². The van der Waals surface area contributed by atoms with Crippen LogP contribution in [0.25, 0.3) is 0 Å². The maximum Gasteiger partial charge on any atom is 0.157 e. The number of alkyl halides is 1. The Bertz CT molecular complexity index is 250. The molecule has 0 fully saturated rings. The van der Waals surface area contributed by atoms with E-state index in [9.17, 15) is 0 Å². The third-order valence-electron chi connectivity index (χ3n) is 4.21. The molecular formula is C21H41ClO2. The molecule has 0 rings (SSSR count). The van der Waals surface area contributed by atoms with Crippen LogP contribution >= 0.6 is 11.6 Å². The molecule has 0 unspecified atom stereocenters. The van der Waals surface area contributed by atoms with Crippen molar-refractivity contribution >= 4 is 11.6 Å². The lowest BCUT2D eigenvalue weighted by molar-refractivity contribution is -0.140. The zero-order valence-corrected chi connectivity index (χ0v) is 17.0. The summed E-state index contributed by atoms with van der Waals surface area (Å²) in [5, 5.41) is 0. The van der Waals surface area contributed by atoms with E-state index in [0.29, 0.717) is 0 Å². The van der Waals surface area contributed by atoms with E-state index in [1.807, 2.05) is 13.8 Å². The van der Waals surface area contributed by atoms with Crippen LogP contribution in [0.3, 0.4) is 0 Å². The summed E-state index contributed by atoms with van der Waals surface area (Å²) in [6.45, 7) is 5.55. The van der Waals surface area contributed by atoms with Crippen molar-refractivity contribution in [2.45, 2.75) is 104 Å². The molecule has 0 spiro atoms. The normalized spacial score (nSPS) is 11.8. The number of hydrogen-bond acceptors (Lipinski definition) is 2. The molecular weight excluding hydrogens is 320 g/mol. The minimum Gasteiger partial charge on any atom is -0.353 e. The van der Waals surface area contributed by atoms with Gasteiger partial charge in [-0.15, -0.1) is 11.6 Å². The van der Waals surface area contributed by atoms with Crippen molar-refractivity contribution < 1.29 is 9.47 Å². The number of allylic oxidation sites excluding steroid dienone is 2. The van der Waals surface area contributed by atoms with E-state index >= 15 is 0 Å². The van der Waals surface area contributed by atoms with E-state index in [1.165, 1.54) is 70.6 Å². The molecule has 0 aromatic rings. The molecule has 0 bridgehead atoms. The molecule has 0 aliphatic heterocycles. The van der Waals surface area contributed by atoms with Gasteiger partial charge in [0.05, 0.1) is 0 Å². The number of ether oxygens (including phenoxy) is 2. The molecule has 144 valence electrons. The highest BCUT2D eigenvalue weighted by Crippen LogP contribution is 2.14. The molecule has 0 N–H and O–H groups in total. The van der Waals surface area contributed by atoms with E-state index < -0.39 is 0 Å². The highest BCUT2D eigenvalue weighted by atomic mass is 35.5. The first-order valence-electron chi connectivity index (χ1n) is 10.3. The molecule has 0 aromatic heterocycles. The lowest BCUT2D eigenvalue weighted by Crippen LogP contribution is -2.17. The van der Waals surface area contributed by atoms with Crippen molar-refractivity contribution in [2.75, 3.05) is 19.1 Å². The maximum atomic E-state index is 5.63. The zero-order chi connectivity index (χ0) is 17.7. The van der Waals surface area contributed by atoms with Crippen molar-refractivity contribution in [1.29, 1.82) is 0 Å². The van der Waals surface area contributed by atoms with Crippen LogP contribution in [0, 0.1) is 0 Å². The van der Waals surface area contributed by atoms with Crippen molar-refractivity contribution in [2.24, 2.45) is 0 Å². The van der Waals surface area contributed by atoms with E-state index in [0.717, 1.165) is 31.9 Å². The fourth-order valence-electron chi connectivity index (χ4n) is 2.87. The van der Waals surface area contributed by atoms with E-state index in [2.05, 4.69) is 12.2 Å². The van der Waals surface area contributed by atoms with Crippen LogP contribution < -0.4 is 0 Å². The average molecular weight is 361 g/mol. The van der Waals surface area contributed by atoms with Crippen molar-refractivity contribution in [3.63, 3.8) is 0 Å². The minimum atomic E-state index is 0.0183. The smallest absolute Gasteiger partial charge is 0.157 e. The second-order valence-corrected chi connectivity index (χ2v) is 6.78. The predicted octanol–water partition coefficient (Wildman–Crippen LogP) is 7.25. The number of hydrogen-bond donors (Lipinski definition) is 0. The monoisotopic (exact) mass is 360 g/mol. The van der Waals surface area contributed by atoms with E-state index in [1.54, 1.807) is 0 Å². The van der Waals surface area contributed by atoms with Gasteiger partial charge in [0.25, 0.3) is 0 Å². The molecule has 0 heterocycles. The van der Waals surface area contributed by atoms with Gasteiger partial charge in [-0.3, -0.25) is 0 Å². The third kappa shape index (κ3) is 18.3. The van der Waals surface area contributed by atoms with Crippen LogP contribution in [0.4, 0.5) is 0 Å². The fraction of sp³-hybridized carbons (Fsp3) is 0.905. The van der Waals surface area contributed by atoms with E-state index in [4.69, 9.17) is 21.1 Å². The lowest BCUT2D eigenvalue weighted by Gasteiger charge is -2.16. The van der Waals surface area contributed by atoms with Crippen LogP contribution in [0.15, 0.2) is 12.2 Å². The van der Waals surface area contributed by atoms with Gasteiger partial charge in [-0.25, -0.2) is 0 Å². The Hall–Kier alpha value is -0.0500. The molecule has 24 heavy (non-hydrogen) atoms. The second-order valence-electron chi connectivity index (χ2n) is 6.40. The Labute approximate surface area is 156 Å². The van der Waals surface area contributed by atoms with Gasteiger partial charge in [0.15, 0.2) is 6.29 Å². The summed E-state index contributed by atoms with van der Waals surface area (Å²) in [7, 11) is 0. The summed E-state index contributed by atoms with van der Waals surface area (Å²) in [5.41, 5.74) is 0. The van der Waals surface area contributed by atoms with Gasteiger partial charge in [0.2, 0.25) is 0 Å². The number of rotatable bonds is 19. The minimum absolute atomic E-state index is 0.0183. The first-order valence-corrected chi connectivity index (χ1v) is 10.8. The summed E-state index contributed by atoms with van der Waals surface area (Å²) < 4.78 is 11.1. The molecule has 0 aromatic carbocycles. The Balaban J connectivity index is 3.19. The van der Waals surface area contributed by atoms with Crippen LogP contribution in [0.2, 0.25) is 0 Å². The largest absolute Gasteiger partial charge is 0.353 e. The Morgan fingerprint density at radius 1 is 0.667 bits per heavy atom. The van der Waals surface area contributed by atoms with Crippen LogP contribution in [0.1, 0.15) is 97.3 Å². The first-order chi connectivity index (χ1) is 11.8. The highest BCUT2D eigenvalue weighted by molar-refractivity contribution is 6.17. The van der Waals surface area contributed by atoms with E-state index in [-0.39, 0.29) is 6.29 Å². The van der Waals surface area contributed by atoms with Gasteiger partial charge in [0, 0.05) is 19.1 Å². The Morgan fingerprint density at radius 3 is 1.62 bits per heavy atom. The SMILES string of the molecule is CCOC(CCCCCCCCCCCC/C=C/CCCl)OCC. The first kappa shape index (κ1) is 23.9. The third-order valence-corrected chi connectivity index (χ3v) is 4.43. The Morgan fingerprint density at radius 2 is 1.12 bits per heavy atom. The van der Waals surface area contributed by atoms with Gasteiger partial charge < -0.3 is 9.47 Å². The standard InChI is InChI=1S/C21H41ClO2/c1-3-23-21(24-4-2)19-17-15-13-11-9-7-5-6-8-10-12-14-16-18-20-22/h14,16,21H,3-13,15,17-20H2,1-2H3/b16-14+. The van der Waals surface area contributed by atoms with Gasteiger partial charge >= 0.3 is 0 Å². The van der Waals surface area contributed by atoms with Crippen molar-refractivity contribution in [1.82, 2.24) is 0 Å². The molecule has 0 amide bonds. The second kappa shape index (κ2) is 21.0. The van der Waals surface area contributed by atoms with Crippen molar-refractivity contribution in [3.05, 3.63) is 12.2 Å². The molecule has 0 aliphatic rings. The summed E-state index contributed by atoms with van der Waals surface area (Å²) >= 11 is 5.63. The summed E-state index contributed by atoms with van der Waals surface area (Å²) in [6.07, 6.45) is 21.4. The van der Waals surface area contributed by atoms with Gasteiger partial charge in [0.1, 0.15) is 0 Å². The quantitative estimate of drug-likeness (QED) is 0.104. The molecule has 0 saturated heterocycles. The van der Waals surface area contributed by atoms with Crippen molar-refractivity contribution in [3.8, 4) is 0 Å². The molecule has 0 atom stereocenters. The summed E-state index contributed by atoms with van der Waals surface area (Å²) in [6, 6.07) is 0. The number of halogens is 1. The van der Waals surface area contributed by atoms with Gasteiger partial charge in [-0.2, -0.15) is 0 Å². The highest BCUT2D eigenvalue weighted by Gasteiger charge is 2.06. The fourth-order valence-corrected chi connectivity index (χ4v) is 3.00. The van der Waals surface area contributed by atoms with Crippen LogP contribution in [-0.2, 0) is 9.47 Å². The molecule has 3 heteroatoms. The van der Waals surface area contributed by atoms with Crippen LogP contribution in [0.5, 0.6) is 0 Å².